The Kier molecular flexibility index (Phi) is 11.3. The van der Waals surface area contributed by atoms with Gasteiger partial charge in [-0.05, 0) is 55.9 Å². The van der Waals surface area contributed by atoms with Crippen molar-refractivity contribution in [3.8, 4) is 11.5 Å². The number of nitrogens with one attached hydrogen (secondary N) is 1. The zero-order valence-electron chi connectivity index (χ0n) is 17.6. The van der Waals surface area contributed by atoms with Gasteiger partial charge < -0.3 is 24.8 Å². The van der Waals surface area contributed by atoms with Crippen LogP contribution in [0.1, 0.15) is 33.6 Å². The van der Waals surface area contributed by atoms with Crippen molar-refractivity contribution in [3.05, 3.63) is 24.3 Å². The number of likely N-dealkylation sites (N-methyl/N-ethyl adjacent to an activating group) is 1. The van der Waals surface area contributed by atoms with Crippen molar-refractivity contribution in [2.24, 2.45) is 16.8 Å². The number of hydrogen-bond donors (Lipinski definition) is 2. The number of ether oxygens (including phenoxy) is 2. The second kappa shape index (κ2) is 13.3. The van der Waals surface area contributed by atoms with Crippen molar-refractivity contribution in [3.63, 3.8) is 0 Å². The molecular formula is C21H37N3O3. The monoisotopic (exact) mass is 379 g/mol. The van der Waals surface area contributed by atoms with Crippen LogP contribution < -0.4 is 14.8 Å². The smallest absolute Gasteiger partial charge is 0.193 e. The second-order valence-electron chi connectivity index (χ2n) is 7.15. The third-order valence-corrected chi connectivity index (χ3v) is 4.29. The molecule has 0 spiro atoms. The molecule has 2 N–H and O–H groups in total. The highest BCUT2D eigenvalue weighted by atomic mass is 16.5. The zero-order chi connectivity index (χ0) is 20.1. The molecule has 0 heterocycles. The van der Waals surface area contributed by atoms with Crippen LogP contribution in [0, 0.1) is 11.8 Å². The Labute approximate surface area is 164 Å². The number of methoxy groups -OCH3 is 1. The molecule has 0 aliphatic rings. The van der Waals surface area contributed by atoms with Crippen molar-refractivity contribution < 1.29 is 14.6 Å². The molecule has 0 amide bonds. The Bertz CT molecular complexity index is 532. The second-order valence-corrected chi connectivity index (χ2v) is 7.15. The molecule has 6 heteroatoms. The lowest BCUT2D eigenvalue weighted by Gasteiger charge is -2.23. The normalized spacial score (nSPS) is 12.8. The van der Waals surface area contributed by atoms with Gasteiger partial charge in [-0.15, -0.1) is 0 Å². The summed E-state index contributed by atoms with van der Waals surface area (Å²) < 4.78 is 11.0. The van der Waals surface area contributed by atoms with E-state index in [9.17, 15) is 5.11 Å². The fourth-order valence-electron chi connectivity index (χ4n) is 2.90. The van der Waals surface area contributed by atoms with Crippen molar-refractivity contribution in [2.45, 2.75) is 33.6 Å². The van der Waals surface area contributed by atoms with Gasteiger partial charge >= 0.3 is 0 Å². The molecule has 154 valence electrons. The summed E-state index contributed by atoms with van der Waals surface area (Å²) in [4.78, 5) is 6.86. The lowest BCUT2D eigenvalue weighted by Crippen LogP contribution is -2.41. The molecule has 0 bridgehead atoms. The topological polar surface area (TPSA) is 66.3 Å². The number of hydrogen-bond acceptors (Lipinski definition) is 4. The third kappa shape index (κ3) is 9.52. The average Bonchev–Trinajstić information content (AvgIpc) is 2.65. The summed E-state index contributed by atoms with van der Waals surface area (Å²) in [5.74, 6) is 3.54. The van der Waals surface area contributed by atoms with Crippen LogP contribution in [0.4, 0.5) is 0 Å². The molecule has 0 aromatic heterocycles. The van der Waals surface area contributed by atoms with Crippen LogP contribution in [0.2, 0.25) is 0 Å². The molecule has 1 rings (SSSR count). The van der Waals surface area contributed by atoms with Crippen molar-refractivity contribution in [2.75, 3.05) is 47.0 Å². The Hall–Kier alpha value is -1.95. The van der Waals surface area contributed by atoms with Crippen LogP contribution in [0.25, 0.3) is 0 Å². The summed E-state index contributed by atoms with van der Waals surface area (Å²) in [7, 11) is 3.67. The van der Waals surface area contributed by atoms with Gasteiger partial charge in [0.1, 0.15) is 18.1 Å². The van der Waals surface area contributed by atoms with E-state index in [-0.39, 0.29) is 6.61 Å². The summed E-state index contributed by atoms with van der Waals surface area (Å²) in [5.41, 5.74) is 0. The van der Waals surface area contributed by atoms with Crippen LogP contribution in [0.15, 0.2) is 29.3 Å². The number of nitrogens with zero attached hydrogens (tertiary/aromatic N) is 2. The molecule has 0 saturated carbocycles. The lowest BCUT2D eigenvalue weighted by molar-refractivity contribution is 0.245. The minimum absolute atomic E-state index is 0.217. The molecule has 1 unspecified atom stereocenters. The maximum atomic E-state index is 9.29. The maximum Gasteiger partial charge on any atom is 0.193 e. The molecular weight excluding hydrogens is 342 g/mol. The average molecular weight is 380 g/mol. The molecule has 0 saturated heterocycles. The van der Waals surface area contributed by atoms with E-state index >= 15 is 0 Å². The SMILES string of the molecule is CCNC(=NCC(CCO)CC(C)C)N(C)CCOc1ccc(OC)cc1. The summed E-state index contributed by atoms with van der Waals surface area (Å²) in [6.07, 6.45) is 1.87. The van der Waals surface area contributed by atoms with E-state index in [0.29, 0.717) is 18.4 Å². The van der Waals surface area contributed by atoms with E-state index in [4.69, 9.17) is 14.5 Å². The first kappa shape index (κ1) is 23.1. The van der Waals surface area contributed by atoms with Gasteiger partial charge in [0.05, 0.1) is 13.7 Å². The first-order valence-corrected chi connectivity index (χ1v) is 9.87. The quantitative estimate of drug-likeness (QED) is 0.432. The van der Waals surface area contributed by atoms with Crippen molar-refractivity contribution in [1.82, 2.24) is 10.2 Å². The van der Waals surface area contributed by atoms with Crippen LogP contribution in [0.3, 0.4) is 0 Å². The van der Waals surface area contributed by atoms with E-state index in [1.807, 2.05) is 31.3 Å². The summed E-state index contributed by atoms with van der Waals surface area (Å²) >= 11 is 0. The molecule has 0 aliphatic carbocycles. The molecule has 1 atom stereocenters. The molecule has 27 heavy (non-hydrogen) atoms. The van der Waals surface area contributed by atoms with Crippen LogP contribution in [0.5, 0.6) is 11.5 Å². The Morgan fingerprint density at radius 1 is 1.22 bits per heavy atom. The van der Waals surface area contributed by atoms with Gasteiger partial charge in [-0.3, -0.25) is 4.99 Å². The first-order chi connectivity index (χ1) is 13.0. The van der Waals surface area contributed by atoms with Gasteiger partial charge in [-0.25, -0.2) is 0 Å². The minimum Gasteiger partial charge on any atom is -0.497 e. The Morgan fingerprint density at radius 2 is 1.89 bits per heavy atom. The lowest BCUT2D eigenvalue weighted by atomic mass is 9.94. The standard InChI is InChI=1S/C21H37N3O3/c1-6-22-21(23-16-18(11-13-25)15-17(2)3)24(4)12-14-27-20-9-7-19(26-5)8-10-20/h7-10,17-18,25H,6,11-16H2,1-5H3,(H,22,23). The molecule has 0 radical (unpaired) electrons. The number of benzene rings is 1. The highest BCUT2D eigenvalue weighted by molar-refractivity contribution is 5.79. The van der Waals surface area contributed by atoms with Crippen molar-refractivity contribution >= 4 is 5.96 Å². The number of aliphatic imine (C=N–C) groups is 1. The highest BCUT2D eigenvalue weighted by Crippen LogP contribution is 2.17. The predicted octanol–water partition coefficient (Wildman–Crippen LogP) is 3.02. The number of aliphatic hydroxyl groups excluding tert-OH is 1. The maximum absolute atomic E-state index is 9.29. The summed E-state index contributed by atoms with van der Waals surface area (Å²) in [6, 6.07) is 7.59. The van der Waals surface area contributed by atoms with E-state index in [2.05, 4.69) is 31.0 Å². The fraction of sp³-hybridized carbons (Fsp3) is 0.667. The van der Waals surface area contributed by atoms with Crippen LogP contribution in [-0.2, 0) is 0 Å². The van der Waals surface area contributed by atoms with Gasteiger partial charge in [-0.1, -0.05) is 13.8 Å². The Morgan fingerprint density at radius 3 is 2.44 bits per heavy atom. The van der Waals surface area contributed by atoms with Gasteiger partial charge in [-0.2, -0.15) is 0 Å². The largest absolute Gasteiger partial charge is 0.497 e. The number of rotatable bonds is 12. The molecule has 1 aromatic rings. The van der Waals surface area contributed by atoms with Gasteiger partial charge in [0.2, 0.25) is 0 Å². The van der Waals surface area contributed by atoms with Gasteiger partial charge in [0.25, 0.3) is 0 Å². The minimum atomic E-state index is 0.217. The van der Waals surface area contributed by atoms with Gasteiger partial charge in [0.15, 0.2) is 5.96 Å². The number of aliphatic hydroxyl groups is 1. The number of guanidine groups is 1. The fourth-order valence-corrected chi connectivity index (χ4v) is 2.90. The zero-order valence-corrected chi connectivity index (χ0v) is 17.6. The van der Waals surface area contributed by atoms with E-state index < -0.39 is 0 Å². The van der Waals surface area contributed by atoms with Crippen LogP contribution >= 0.6 is 0 Å². The van der Waals surface area contributed by atoms with E-state index in [1.54, 1.807) is 7.11 Å². The third-order valence-electron chi connectivity index (χ3n) is 4.29. The molecule has 0 fully saturated rings. The molecule has 1 aromatic carbocycles. The van der Waals surface area contributed by atoms with E-state index in [0.717, 1.165) is 49.9 Å². The Balaban J connectivity index is 2.55. The predicted molar refractivity (Wildman–Crippen MR) is 112 cm³/mol. The van der Waals surface area contributed by atoms with Gasteiger partial charge in [0, 0.05) is 26.7 Å². The van der Waals surface area contributed by atoms with Crippen LogP contribution in [-0.4, -0.2) is 63.0 Å². The first-order valence-electron chi connectivity index (χ1n) is 9.87. The van der Waals surface area contributed by atoms with E-state index in [1.165, 1.54) is 0 Å². The highest BCUT2D eigenvalue weighted by Gasteiger charge is 2.12. The molecule has 0 aliphatic heterocycles. The van der Waals surface area contributed by atoms with Crippen molar-refractivity contribution in [1.29, 1.82) is 0 Å². The summed E-state index contributed by atoms with van der Waals surface area (Å²) in [6.45, 7) is 9.55. The molecule has 6 nitrogen and oxygen atoms in total. The summed E-state index contributed by atoms with van der Waals surface area (Å²) in [5, 5.41) is 12.6.